The molecule has 0 aromatic heterocycles. The predicted molar refractivity (Wildman–Crippen MR) is 72.7 cm³/mol. The second-order valence-electron chi connectivity index (χ2n) is 4.00. The lowest BCUT2D eigenvalue weighted by Gasteiger charge is -2.11. The third-order valence-corrected chi connectivity index (χ3v) is 2.71. The number of nitrogens with one attached hydrogen (secondary N) is 2. The number of halogens is 1. The van der Waals surface area contributed by atoms with E-state index in [1.807, 2.05) is 0 Å². The van der Waals surface area contributed by atoms with Crippen LogP contribution < -0.4 is 10.6 Å². The molecule has 0 saturated heterocycles. The zero-order valence-corrected chi connectivity index (χ0v) is 11.4. The Labute approximate surface area is 117 Å². The van der Waals surface area contributed by atoms with Crippen LogP contribution in [0.25, 0.3) is 0 Å². The molecule has 0 radical (unpaired) electrons. The van der Waals surface area contributed by atoms with Crippen LogP contribution in [-0.2, 0) is 9.59 Å². The zero-order valence-electron chi connectivity index (χ0n) is 10.6. The van der Waals surface area contributed by atoms with Crippen LogP contribution in [0.5, 0.6) is 0 Å². The Bertz CT molecular complexity index is 434. The maximum absolute atomic E-state index is 11.5. The second-order valence-corrected chi connectivity index (χ2v) is 4.44. The van der Waals surface area contributed by atoms with Gasteiger partial charge in [0, 0.05) is 11.6 Å². The third kappa shape index (κ3) is 5.72. The van der Waals surface area contributed by atoms with E-state index >= 15 is 0 Å². The van der Waals surface area contributed by atoms with Crippen molar-refractivity contribution < 1.29 is 14.7 Å². The van der Waals surface area contributed by atoms with E-state index in [9.17, 15) is 14.7 Å². The molecule has 0 bridgehead atoms. The molecule has 2 amide bonds. The van der Waals surface area contributed by atoms with Crippen molar-refractivity contribution in [3.05, 3.63) is 34.9 Å². The highest BCUT2D eigenvalue weighted by Gasteiger charge is 2.13. The van der Waals surface area contributed by atoms with Crippen LogP contribution >= 0.6 is 11.6 Å². The first-order chi connectivity index (χ1) is 9.02. The van der Waals surface area contributed by atoms with Gasteiger partial charge in [0.05, 0.1) is 19.1 Å². The maximum atomic E-state index is 11.5. The van der Waals surface area contributed by atoms with Gasteiger partial charge in [0.25, 0.3) is 0 Å². The lowest BCUT2D eigenvalue weighted by atomic mass is 10.1. The minimum absolute atomic E-state index is 0.0833. The summed E-state index contributed by atoms with van der Waals surface area (Å²) in [5, 5.41) is 15.4. The summed E-state index contributed by atoms with van der Waals surface area (Å²) in [6, 6.07) is 6.60. The van der Waals surface area contributed by atoms with Crippen LogP contribution in [-0.4, -0.2) is 30.0 Å². The van der Waals surface area contributed by atoms with Crippen LogP contribution in [0.3, 0.4) is 0 Å². The Morgan fingerprint density at radius 2 is 1.84 bits per heavy atom. The smallest absolute Gasteiger partial charge is 0.239 e. The molecule has 1 unspecified atom stereocenters. The largest absolute Gasteiger partial charge is 0.388 e. The lowest BCUT2D eigenvalue weighted by Crippen LogP contribution is -2.37. The minimum Gasteiger partial charge on any atom is -0.388 e. The van der Waals surface area contributed by atoms with E-state index in [1.54, 1.807) is 31.2 Å². The molecule has 104 valence electrons. The number of amides is 2. The topological polar surface area (TPSA) is 78.4 Å². The first-order valence-electron chi connectivity index (χ1n) is 6.00. The number of aliphatic hydroxyl groups is 1. The number of likely N-dealkylation sites (N-methyl/N-ethyl adjacent to an activating group) is 1. The second kappa shape index (κ2) is 7.76. The van der Waals surface area contributed by atoms with Crippen molar-refractivity contribution in [2.45, 2.75) is 19.4 Å². The Morgan fingerprint density at radius 3 is 2.42 bits per heavy atom. The van der Waals surface area contributed by atoms with Crippen LogP contribution in [0.2, 0.25) is 5.02 Å². The van der Waals surface area contributed by atoms with Gasteiger partial charge in [0.1, 0.15) is 0 Å². The summed E-state index contributed by atoms with van der Waals surface area (Å²) < 4.78 is 0. The average Bonchev–Trinajstić information content (AvgIpc) is 2.37. The van der Waals surface area contributed by atoms with Gasteiger partial charge in [-0.2, -0.15) is 0 Å². The van der Waals surface area contributed by atoms with Gasteiger partial charge in [-0.15, -0.1) is 0 Å². The fourth-order valence-corrected chi connectivity index (χ4v) is 1.62. The van der Waals surface area contributed by atoms with Crippen molar-refractivity contribution in [2.75, 3.05) is 13.1 Å². The molecule has 0 aliphatic heterocycles. The van der Waals surface area contributed by atoms with Crippen molar-refractivity contribution in [3.63, 3.8) is 0 Å². The summed E-state index contributed by atoms with van der Waals surface area (Å²) in [5.41, 5.74) is 0.609. The van der Waals surface area contributed by atoms with E-state index < -0.39 is 6.10 Å². The van der Waals surface area contributed by atoms with Gasteiger partial charge >= 0.3 is 0 Å². The normalized spacial score (nSPS) is 11.7. The fraction of sp³-hybridized carbons (Fsp3) is 0.385. The molecule has 1 aromatic rings. The molecule has 1 aromatic carbocycles. The number of rotatable bonds is 6. The third-order valence-electron chi connectivity index (χ3n) is 2.45. The Balaban J connectivity index is 2.39. The summed E-state index contributed by atoms with van der Waals surface area (Å²) in [6.07, 6.45) is -1.01. The van der Waals surface area contributed by atoms with Crippen molar-refractivity contribution >= 4 is 23.4 Å². The Hall–Kier alpha value is -1.59. The molecule has 19 heavy (non-hydrogen) atoms. The van der Waals surface area contributed by atoms with Crippen LogP contribution in [0, 0.1) is 0 Å². The first-order valence-corrected chi connectivity index (χ1v) is 6.37. The van der Waals surface area contributed by atoms with Gasteiger partial charge in [0.2, 0.25) is 11.8 Å². The summed E-state index contributed by atoms with van der Waals surface area (Å²) >= 11 is 5.73. The minimum atomic E-state index is -0.911. The van der Waals surface area contributed by atoms with E-state index in [4.69, 9.17) is 11.6 Å². The van der Waals surface area contributed by atoms with Gasteiger partial charge in [-0.1, -0.05) is 23.7 Å². The molecule has 6 heteroatoms. The number of carbonyl (C=O) groups excluding carboxylic acids is 2. The van der Waals surface area contributed by atoms with Gasteiger partial charge in [-0.25, -0.2) is 0 Å². The zero-order chi connectivity index (χ0) is 14.3. The van der Waals surface area contributed by atoms with Crippen LogP contribution in [0.1, 0.15) is 25.0 Å². The molecule has 0 heterocycles. The molecule has 0 aliphatic carbocycles. The molecular weight excluding hydrogens is 268 g/mol. The standard InChI is InChI=1S/C13H17ClN2O3/c1-2-15-13(19)8-16-12(18)7-11(17)9-3-5-10(14)6-4-9/h3-6,11,17H,2,7-8H2,1H3,(H,15,19)(H,16,18). The van der Waals surface area contributed by atoms with Gasteiger partial charge in [-0.05, 0) is 24.6 Å². The molecule has 1 rings (SSSR count). The molecule has 5 nitrogen and oxygen atoms in total. The van der Waals surface area contributed by atoms with Crippen LogP contribution in [0.15, 0.2) is 24.3 Å². The molecule has 0 spiro atoms. The van der Waals surface area contributed by atoms with Gasteiger partial charge in [-0.3, -0.25) is 9.59 Å². The van der Waals surface area contributed by atoms with Crippen molar-refractivity contribution in [1.82, 2.24) is 10.6 Å². The summed E-state index contributed by atoms with van der Waals surface area (Å²) in [5.74, 6) is -0.634. The highest BCUT2D eigenvalue weighted by atomic mass is 35.5. The summed E-state index contributed by atoms with van der Waals surface area (Å²) in [4.78, 5) is 22.7. The Morgan fingerprint density at radius 1 is 1.21 bits per heavy atom. The summed E-state index contributed by atoms with van der Waals surface area (Å²) in [7, 11) is 0. The monoisotopic (exact) mass is 284 g/mol. The molecular formula is C13H17ClN2O3. The van der Waals surface area contributed by atoms with E-state index in [1.165, 1.54) is 0 Å². The highest BCUT2D eigenvalue weighted by molar-refractivity contribution is 6.30. The molecule has 3 N–H and O–H groups in total. The van der Waals surface area contributed by atoms with Crippen molar-refractivity contribution in [3.8, 4) is 0 Å². The molecule has 1 atom stereocenters. The van der Waals surface area contributed by atoms with E-state index in [0.717, 1.165) is 0 Å². The predicted octanol–water partition coefficient (Wildman–Crippen LogP) is 1.02. The quantitative estimate of drug-likeness (QED) is 0.730. The molecule has 0 saturated carbocycles. The van der Waals surface area contributed by atoms with Crippen molar-refractivity contribution in [2.24, 2.45) is 0 Å². The van der Waals surface area contributed by atoms with E-state index in [0.29, 0.717) is 17.1 Å². The Kier molecular flexibility index (Phi) is 6.32. The number of hydrogen-bond acceptors (Lipinski definition) is 3. The number of hydrogen-bond donors (Lipinski definition) is 3. The van der Waals surface area contributed by atoms with Gasteiger partial charge in [0.15, 0.2) is 0 Å². The average molecular weight is 285 g/mol. The highest BCUT2D eigenvalue weighted by Crippen LogP contribution is 2.18. The molecule has 0 fully saturated rings. The number of carbonyl (C=O) groups is 2. The van der Waals surface area contributed by atoms with E-state index in [2.05, 4.69) is 10.6 Å². The number of benzene rings is 1. The SMILES string of the molecule is CCNC(=O)CNC(=O)CC(O)c1ccc(Cl)cc1. The fourth-order valence-electron chi connectivity index (χ4n) is 1.49. The maximum Gasteiger partial charge on any atom is 0.239 e. The van der Waals surface area contributed by atoms with E-state index in [-0.39, 0.29) is 24.8 Å². The molecule has 0 aliphatic rings. The van der Waals surface area contributed by atoms with Crippen molar-refractivity contribution in [1.29, 1.82) is 0 Å². The number of aliphatic hydroxyl groups excluding tert-OH is 1. The van der Waals surface area contributed by atoms with Gasteiger partial charge < -0.3 is 15.7 Å². The lowest BCUT2D eigenvalue weighted by molar-refractivity contribution is -0.127. The summed E-state index contributed by atoms with van der Waals surface area (Å²) in [6.45, 7) is 2.23. The first kappa shape index (κ1) is 15.5. The van der Waals surface area contributed by atoms with Crippen LogP contribution in [0.4, 0.5) is 0 Å².